The maximum absolute atomic E-state index is 12.0. The Labute approximate surface area is 187 Å². The molecule has 0 aliphatic heterocycles. The average Bonchev–Trinajstić information content (AvgIpc) is 3.50. The number of aromatic amines is 1. The van der Waals surface area contributed by atoms with Gasteiger partial charge in [-0.05, 0) is 44.5 Å². The fraction of sp³-hybridized carbons (Fsp3) is 0.360. The molecule has 4 rings (SSSR count). The molecule has 2 N–H and O–H groups in total. The zero-order chi connectivity index (χ0) is 22.3. The van der Waals surface area contributed by atoms with Gasteiger partial charge in [0.15, 0.2) is 0 Å². The highest BCUT2D eigenvalue weighted by Crippen LogP contribution is 2.25. The molecule has 1 atom stereocenters. The molecule has 4 aromatic rings. The van der Waals surface area contributed by atoms with Crippen molar-refractivity contribution in [2.75, 3.05) is 6.54 Å². The van der Waals surface area contributed by atoms with Crippen LogP contribution in [0.15, 0.2) is 53.4 Å². The molecule has 32 heavy (non-hydrogen) atoms. The van der Waals surface area contributed by atoms with Crippen molar-refractivity contribution in [2.45, 2.75) is 52.0 Å². The summed E-state index contributed by atoms with van der Waals surface area (Å²) in [6.07, 6.45) is 9.06. The number of Topliss-reactive ketones (excluding diaryl/α,β-unsaturated/α-hetero) is 1. The fourth-order valence-corrected chi connectivity index (χ4v) is 3.92. The monoisotopic (exact) mass is 431 g/mol. The Hall–Kier alpha value is -3.32. The van der Waals surface area contributed by atoms with E-state index in [9.17, 15) is 4.79 Å². The van der Waals surface area contributed by atoms with Gasteiger partial charge in [-0.2, -0.15) is 0 Å². The SMILES string of the molecule is CCNC(CCCCCC(=O)c1ncco1)c1ncc(-c2ccc3nc(C)ccc3c2)[nH]1. The van der Waals surface area contributed by atoms with Crippen molar-refractivity contribution in [1.82, 2.24) is 25.3 Å². The molecule has 0 saturated heterocycles. The summed E-state index contributed by atoms with van der Waals surface area (Å²) in [6.45, 7) is 4.97. The van der Waals surface area contributed by atoms with E-state index in [0.29, 0.717) is 6.42 Å². The molecule has 1 unspecified atom stereocenters. The van der Waals surface area contributed by atoms with Crippen molar-refractivity contribution in [3.63, 3.8) is 0 Å². The molecule has 0 aliphatic carbocycles. The number of rotatable bonds is 11. The minimum atomic E-state index is -0.0327. The smallest absolute Gasteiger partial charge is 0.263 e. The second kappa shape index (κ2) is 10.3. The largest absolute Gasteiger partial charge is 0.442 e. The summed E-state index contributed by atoms with van der Waals surface area (Å²) < 4.78 is 5.06. The molecule has 7 heteroatoms. The van der Waals surface area contributed by atoms with Crippen molar-refractivity contribution in [2.24, 2.45) is 0 Å². The number of aromatic nitrogens is 4. The number of pyridine rings is 1. The Morgan fingerprint density at radius 2 is 2.06 bits per heavy atom. The molecule has 3 heterocycles. The van der Waals surface area contributed by atoms with Gasteiger partial charge >= 0.3 is 0 Å². The summed E-state index contributed by atoms with van der Waals surface area (Å²) in [5.41, 5.74) is 4.12. The number of fused-ring (bicyclic) bond motifs is 1. The highest BCUT2D eigenvalue weighted by atomic mass is 16.3. The number of hydrogen-bond acceptors (Lipinski definition) is 6. The van der Waals surface area contributed by atoms with E-state index < -0.39 is 0 Å². The first kappa shape index (κ1) is 21.9. The number of ketones is 1. The lowest BCUT2D eigenvalue weighted by atomic mass is 10.1. The van der Waals surface area contributed by atoms with Crippen LogP contribution in [0.1, 0.15) is 67.3 Å². The normalized spacial score (nSPS) is 12.3. The van der Waals surface area contributed by atoms with Crippen LogP contribution in [0.25, 0.3) is 22.2 Å². The minimum absolute atomic E-state index is 0.0327. The number of nitrogens with zero attached hydrogens (tertiary/aromatic N) is 3. The van der Waals surface area contributed by atoms with Gasteiger partial charge in [0.05, 0.1) is 29.6 Å². The van der Waals surface area contributed by atoms with Crippen molar-refractivity contribution in [1.29, 1.82) is 0 Å². The van der Waals surface area contributed by atoms with Gasteiger partial charge in [0.1, 0.15) is 12.1 Å². The summed E-state index contributed by atoms with van der Waals surface area (Å²) in [4.78, 5) is 28.6. The van der Waals surface area contributed by atoms with Gasteiger partial charge in [0, 0.05) is 23.1 Å². The standard InChI is InChI=1S/C25H29N5O2/c1-3-26-21(7-5-4-6-8-23(31)25-27-13-14-32-25)24-28-16-22(30-24)19-11-12-20-18(15-19)10-9-17(2)29-20/h9-16,21,26H,3-8H2,1-2H3,(H,28,30). The number of nitrogens with one attached hydrogen (secondary N) is 2. The van der Waals surface area contributed by atoms with Crippen molar-refractivity contribution in [3.05, 3.63) is 66.4 Å². The molecule has 0 bridgehead atoms. The maximum Gasteiger partial charge on any atom is 0.263 e. The van der Waals surface area contributed by atoms with Gasteiger partial charge in [-0.1, -0.05) is 31.9 Å². The highest BCUT2D eigenvalue weighted by Gasteiger charge is 2.15. The fourth-order valence-electron chi connectivity index (χ4n) is 3.92. The number of benzene rings is 1. The van der Waals surface area contributed by atoms with E-state index in [1.54, 1.807) is 0 Å². The van der Waals surface area contributed by atoms with Gasteiger partial charge in [0.25, 0.3) is 5.89 Å². The quantitative estimate of drug-likeness (QED) is 0.244. The van der Waals surface area contributed by atoms with Crippen LogP contribution in [0, 0.1) is 6.92 Å². The number of oxazole rings is 1. The molecule has 0 spiro atoms. The molecule has 1 aromatic carbocycles. The lowest BCUT2D eigenvalue weighted by molar-refractivity contribution is 0.0945. The number of unbranched alkanes of at least 4 members (excludes halogenated alkanes) is 2. The van der Waals surface area contributed by atoms with Crippen LogP contribution in [0.3, 0.4) is 0 Å². The number of aryl methyl sites for hydroxylation is 1. The number of imidazole rings is 1. The molecule has 166 valence electrons. The number of H-pyrrole nitrogens is 1. The Kier molecular flexibility index (Phi) is 7.07. The van der Waals surface area contributed by atoms with E-state index in [2.05, 4.69) is 56.4 Å². The van der Waals surface area contributed by atoms with Gasteiger partial charge in [-0.3, -0.25) is 9.78 Å². The van der Waals surface area contributed by atoms with E-state index in [0.717, 1.165) is 65.9 Å². The van der Waals surface area contributed by atoms with E-state index >= 15 is 0 Å². The Morgan fingerprint density at radius 3 is 2.88 bits per heavy atom. The maximum atomic E-state index is 12.0. The topological polar surface area (TPSA) is 96.7 Å². The predicted molar refractivity (Wildman–Crippen MR) is 124 cm³/mol. The molecule has 0 amide bonds. The third-order valence-electron chi connectivity index (χ3n) is 5.58. The minimum Gasteiger partial charge on any atom is -0.442 e. The molecule has 0 aliphatic rings. The van der Waals surface area contributed by atoms with E-state index in [1.807, 2.05) is 19.2 Å². The lowest BCUT2D eigenvalue weighted by Gasteiger charge is -2.15. The van der Waals surface area contributed by atoms with Crippen molar-refractivity contribution >= 4 is 16.7 Å². The number of carbonyl (C=O) groups is 1. The molecule has 3 aromatic heterocycles. The zero-order valence-electron chi connectivity index (χ0n) is 18.6. The number of carbonyl (C=O) groups excluding carboxylic acids is 1. The summed E-state index contributed by atoms with van der Waals surface area (Å²) >= 11 is 0. The zero-order valence-corrected chi connectivity index (χ0v) is 18.6. The van der Waals surface area contributed by atoms with Crippen LogP contribution in [0.2, 0.25) is 0 Å². The molecule has 0 fully saturated rings. The van der Waals surface area contributed by atoms with Gasteiger partial charge in [-0.25, -0.2) is 9.97 Å². The second-order valence-corrected chi connectivity index (χ2v) is 8.01. The van der Waals surface area contributed by atoms with Crippen LogP contribution >= 0.6 is 0 Å². The average molecular weight is 432 g/mol. The predicted octanol–water partition coefficient (Wildman–Crippen LogP) is 5.41. The molecule has 0 saturated carbocycles. The van der Waals surface area contributed by atoms with Gasteiger partial charge < -0.3 is 14.7 Å². The van der Waals surface area contributed by atoms with Crippen molar-refractivity contribution < 1.29 is 9.21 Å². The first-order valence-corrected chi connectivity index (χ1v) is 11.2. The highest BCUT2D eigenvalue weighted by molar-refractivity contribution is 5.91. The molecular weight excluding hydrogens is 402 g/mol. The third kappa shape index (κ3) is 5.29. The van der Waals surface area contributed by atoms with Crippen LogP contribution in [-0.2, 0) is 0 Å². The first-order valence-electron chi connectivity index (χ1n) is 11.2. The van der Waals surface area contributed by atoms with Gasteiger partial charge in [-0.15, -0.1) is 0 Å². The van der Waals surface area contributed by atoms with E-state index in [-0.39, 0.29) is 17.7 Å². The third-order valence-corrected chi connectivity index (χ3v) is 5.58. The Bertz CT molecular complexity index is 1170. The van der Waals surface area contributed by atoms with Crippen molar-refractivity contribution in [3.8, 4) is 11.3 Å². The molecule has 0 radical (unpaired) electrons. The van der Waals surface area contributed by atoms with Gasteiger partial charge in [0.2, 0.25) is 5.78 Å². The summed E-state index contributed by atoms with van der Waals surface area (Å²) in [5, 5.41) is 4.64. The van der Waals surface area contributed by atoms with Crippen LogP contribution in [-0.4, -0.2) is 32.3 Å². The Morgan fingerprint density at radius 1 is 1.16 bits per heavy atom. The first-order chi connectivity index (χ1) is 15.6. The lowest BCUT2D eigenvalue weighted by Crippen LogP contribution is -2.22. The molecule has 7 nitrogen and oxygen atoms in total. The molecular formula is C25H29N5O2. The summed E-state index contributed by atoms with van der Waals surface area (Å²) in [7, 11) is 0. The number of hydrogen-bond donors (Lipinski definition) is 2. The van der Waals surface area contributed by atoms with Crippen LogP contribution in [0.4, 0.5) is 0 Å². The van der Waals surface area contributed by atoms with Crippen LogP contribution in [0.5, 0.6) is 0 Å². The van der Waals surface area contributed by atoms with E-state index in [4.69, 9.17) is 4.42 Å². The Balaban J connectivity index is 1.35. The second-order valence-electron chi connectivity index (χ2n) is 8.01. The summed E-state index contributed by atoms with van der Waals surface area (Å²) in [6, 6.07) is 10.6. The van der Waals surface area contributed by atoms with Crippen LogP contribution < -0.4 is 5.32 Å². The van der Waals surface area contributed by atoms with E-state index in [1.165, 1.54) is 12.5 Å². The summed E-state index contributed by atoms with van der Waals surface area (Å²) in [5.74, 6) is 1.12.